The molecule has 2 aromatic heterocycles. The molecule has 0 saturated carbocycles. The van der Waals surface area contributed by atoms with E-state index in [2.05, 4.69) is 5.10 Å². The molecular weight excluding hydrogens is 237 g/mol. The molecule has 0 bridgehead atoms. The Morgan fingerprint density at radius 2 is 2.12 bits per heavy atom. The van der Waals surface area contributed by atoms with Gasteiger partial charge >= 0.3 is 0 Å². The molecule has 3 rings (SSSR count). The number of fused-ring (bicyclic) bond motifs is 1. The van der Waals surface area contributed by atoms with Crippen LogP contribution in [0.3, 0.4) is 0 Å². The van der Waals surface area contributed by atoms with Gasteiger partial charge in [-0.15, -0.1) is 11.3 Å². The second-order valence-electron chi connectivity index (χ2n) is 3.87. The van der Waals surface area contributed by atoms with Crippen molar-refractivity contribution in [3.05, 3.63) is 36.1 Å². The van der Waals surface area contributed by atoms with Crippen molar-refractivity contribution in [3.8, 4) is 10.6 Å². The molecule has 0 fully saturated rings. The molecule has 2 N–H and O–H groups in total. The summed E-state index contributed by atoms with van der Waals surface area (Å²) in [5.74, 6) is 0.279. The summed E-state index contributed by atoms with van der Waals surface area (Å²) < 4.78 is 15.8. The maximum atomic E-state index is 13.1. The summed E-state index contributed by atoms with van der Waals surface area (Å²) >= 11 is 1.54. The monoisotopic (exact) mass is 247 g/mol. The van der Waals surface area contributed by atoms with Gasteiger partial charge in [-0.3, -0.25) is 4.68 Å². The number of halogens is 1. The minimum atomic E-state index is -0.213. The van der Waals surface area contributed by atoms with Gasteiger partial charge in [-0.1, -0.05) is 6.07 Å². The van der Waals surface area contributed by atoms with Crippen molar-refractivity contribution < 1.29 is 4.39 Å². The Morgan fingerprint density at radius 1 is 1.29 bits per heavy atom. The second kappa shape index (κ2) is 3.56. The number of aryl methyl sites for hydroxylation is 1. The van der Waals surface area contributed by atoms with Crippen LogP contribution in [0.2, 0.25) is 0 Å². The van der Waals surface area contributed by atoms with E-state index in [-0.39, 0.29) is 5.82 Å². The first-order valence-electron chi connectivity index (χ1n) is 5.12. The van der Waals surface area contributed by atoms with Crippen LogP contribution in [-0.4, -0.2) is 9.78 Å². The molecule has 17 heavy (non-hydrogen) atoms. The SMILES string of the molecule is Cn1nc(N)cc1-c1cc2ccc(F)cc2s1. The molecule has 0 amide bonds. The molecule has 5 heteroatoms. The van der Waals surface area contributed by atoms with E-state index in [1.807, 2.05) is 19.2 Å². The molecule has 0 atom stereocenters. The van der Waals surface area contributed by atoms with E-state index in [0.29, 0.717) is 5.82 Å². The van der Waals surface area contributed by atoms with Crippen LogP contribution < -0.4 is 5.73 Å². The fraction of sp³-hybridized carbons (Fsp3) is 0.0833. The van der Waals surface area contributed by atoms with Gasteiger partial charge < -0.3 is 5.73 Å². The number of hydrogen-bond acceptors (Lipinski definition) is 3. The van der Waals surface area contributed by atoms with E-state index in [0.717, 1.165) is 20.7 Å². The lowest BCUT2D eigenvalue weighted by atomic mass is 10.2. The molecular formula is C12H10FN3S. The van der Waals surface area contributed by atoms with E-state index in [4.69, 9.17) is 5.73 Å². The first kappa shape index (κ1) is 10.3. The highest BCUT2D eigenvalue weighted by molar-refractivity contribution is 7.22. The standard InChI is InChI=1S/C12H10FN3S/c1-16-9(6-12(14)15-16)11-4-7-2-3-8(13)5-10(7)17-11/h2-6H,1H3,(H2,14,15). The second-order valence-corrected chi connectivity index (χ2v) is 4.95. The van der Waals surface area contributed by atoms with Crippen LogP contribution >= 0.6 is 11.3 Å². The fourth-order valence-electron chi connectivity index (χ4n) is 1.85. The van der Waals surface area contributed by atoms with Crippen molar-refractivity contribution in [2.75, 3.05) is 5.73 Å². The van der Waals surface area contributed by atoms with Crippen LogP contribution in [0.15, 0.2) is 30.3 Å². The number of thiophene rings is 1. The summed E-state index contributed by atoms with van der Waals surface area (Å²) in [5.41, 5.74) is 6.60. The van der Waals surface area contributed by atoms with Gasteiger partial charge in [0.15, 0.2) is 0 Å². The quantitative estimate of drug-likeness (QED) is 0.718. The van der Waals surface area contributed by atoms with E-state index in [9.17, 15) is 4.39 Å². The van der Waals surface area contributed by atoms with Crippen LogP contribution in [-0.2, 0) is 7.05 Å². The summed E-state index contributed by atoms with van der Waals surface area (Å²) in [6.45, 7) is 0. The maximum Gasteiger partial charge on any atom is 0.146 e. The predicted octanol–water partition coefficient (Wildman–Crippen LogP) is 3.02. The Hall–Kier alpha value is -1.88. The summed E-state index contributed by atoms with van der Waals surface area (Å²) in [5, 5.41) is 5.14. The maximum absolute atomic E-state index is 13.1. The average molecular weight is 247 g/mol. The Balaban J connectivity index is 2.21. The molecule has 0 radical (unpaired) electrons. The Labute approximate surface area is 101 Å². The average Bonchev–Trinajstić information content (AvgIpc) is 2.80. The van der Waals surface area contributed by atoms with Gasteiger partial charge in [0.05, 0.1) is 10.6 Å². The van der Waals surface area contributed by atoms with Gasteiger partial charge in [0.2, 0.25) is 0 Å². The van der Waals surface area contributed by atoms with Crippen molar-refractivity contribution >= 4 is 27.2 Å². The number of nitrogens with two attached hydrogens (primary N) is 1. The number of aromatic nitrogens is 2. The third kappa shape index (κ3) is 1.68. The molecule has 0 aliphatic rings. The highest BCUT2D eigenvalue weighted by Crippen LogP contribution is 2.34. The van der Waals surface area contributed by atoms with Gasteiger partial charge in [-0.05, 0) is 23.6 Å². The van der Waals surface area contributed by atoms with Gasteiger partial charge in [0, 0.05) is 17.8 Å². The predicted molar refractivity (Wildman–Crippen MR) is 68.4 cm³/mol. The number of nitrogens with zero attached hydrogens (tertiary/aromatic N) is 2. The molecule has 0 unspecified atom stereocenters. The number of benzene rings is 1. The largest absolute Gasteiger partial charge is 0.382 e. The summed E-state index contributed by atoms with van der Waals surface area (Å²) in [6, 6.07) is 8.64. The zero-order valence-corrected chi connectivity index (χ0v) is 9.96. The topological polar surface area (TPSA) is 43.8 Å². The number of rotatable bonds is 1. The molecule has 3 nitrogen and oxygen atoms in total. The number of anilines is 1. The Morgan fingerprint density at radius 3 is 2.82 bits per heavy atom. The van der Waals surface area contributed by atoms with Crippen molar-refractivity contribution in [2.45, 2.75) is 0 Å². The lowest BCUT2D eigenvalue weighted by Gasteiger charge is -1.95. The Bertz CT molecular complexity index is 699. The van der Waals surface area contributed by atoms with Gasteiger partial charge in [-0.25, -0.2) is 4.39 Å². The van der Waals surface area contributed by atoms with Crippen molar-refractivity contribution in [3.63, 3.8) is 0 Å². The van der Waals surface area contributed by atoms with Gasteiger partial charge in [0.1, 0.15) is 11.6 Å². The third-order valence-corrected chi connectivity index (χ3v) is 3.75. The minimum Gasteiger partial charge on any atom is -0.382 e. The molecule has 2 heterocycles. The Kier molecular flexibility index (Phi) is 2.16. The van der Waals surface area contributed by atoms with Crippen LogP contribution in [0, 0.1) is 5.82 Å². The third-order valence-electron chi connectivity index (χ3n) is 2.63. The van der Waals surface area contributed by atoms with E-state index in [1.165, 1.54) is 17.4 Å². The zero-order valence-electron chi connectivity index (χ0n) is 9.14. The van der Waals surface area contributed by atoms with Crippen molar-refractivity contribution in [1.82, 2.24) is 9.78 Å². The van der Waals surface area contributed by atoms with Crippen LogP contribution in [0.5, 0.6) is 0 Å². The van der Waals surface area contributed by atoms with Gasteiger partial charge in [0.25, 0.3) is 0 Å². The highest BCUT2D eigenvalue weighted by Gasteiger charge is 2.09. The lowest BCUT2D eigenvalue weighted by Crippen LogP contribution is -1.93. The molecule has 0 aliphatic carbocycles. The van der Waals surface area contributed by atoms with E-state index >= 15 is 0 Å². The normalized spacial score (nSPS) is 11.2. The molecule has 0 saturated heterocycles. The summed E-state index contributed by atoms with van der Waals surface area (Å²) in [7, 11) is 1.84. The van der Waals surface area contributed by atoms with E-state index < -0.39 is 0 Å². The van der Waals surface area contributed by atoms with Gasteiger partial charge in [-0.2, -0.15) is 5.10 Å². The number of nitrogen functional groups attached to an aromatic ring is 1. The first-order valence-corrected chi connectivity index (χ1v) is 5.94. The molecule has 3 aromatic rings. The van der Waals surface area contributed by atoms with E-state index in [1.54, 1.807) is 16.8 Å². The number of hydrogen-bond donors (Lipinski definition) is 1. The molecule has 86 valence electrons. The van der Waals surface area contributed by atoms with Crippen LogP contribution in [0.1, 0.15) is 0 Å². The summed E-state index contributed by atoms with van der Waals surface area (Å²) in [4.78, 5) is 1.04. The highest BCUT2D eigenvalue weighted by atomic mass is 32.1. The minimum absolute atomic E-state index is 0.213. The first-order chi connectivity index (χ1) is 8.13. The van der Waals surface area contributed by atoms with Crippen LogP contribution in [0.25, 0.3) is 20.7 Å². The summed E-state index contributed by atoms with van der Waals surface area (Å²) in [6.07, 6.45) is 0. The van der Waals surface area contributed by atoms with Crippen LogP contribution in [0.4, 0.5) is 10.2 Å². The van der Waals surface area contributed by atoms with Crippen molar-refractivity contribution in [2.24, 2.45) is 7.05 Å². The molecule has 0 aliphatic heterocycles. The smallest absolute Gasteiger partial charge is 0.146 e. The fourth-order valence-corrected chi connectivity index (χ4v) is 2.99. The zero-order chi connectivity index (χ0) is 12.0. The lowest BCUT2D eigenvalue weighted by molar-refractivity contribution is 0.630. The molecule has 0 spiro atoms. The molecule has 1 aromatic carbocycles. The van der Waals surface area contributed by atoms with Crippen molar-refractivity contribution in [1.29, 1.82) is 0 Å².